The molecule has 2 saturated heterocycles. The number of benzene rings is 2. The van der Waals surface area contributed by atoms with Crippen molar-refractivity contribution in [1.29, 1.82) is 0 Å². The predicted octanol–water partition coefficient (Wildman–Crippen LogP) is 4.43. The second-order valence-corrected chi connectivity index (χ2v) is 11.2. The molecule has 0 aromatic heterocycles. The highest BCUT2D eigenvalue weighted by molar-refractivity contribution is 7.88. The smallest absolute Gasteiger partial charge is 0.416 e. The number of hydrogen-bond donors (Lipinski definition) is 0. The lowest BCUT2D eigenvalue weighted by Gasteiger charge is -2.39. The van der Waals surface area contributed by atoms with Gasteiger partial charge in [-0.05, 0) is 60.6 Å². The highest BCUT2D eigenvalue weighted by Gasteiger charge is 2.32. The van der Waals surface area contributed by atoms with Crippen molar-refractivity contribution >= 4 is 10.0 Å². The maximum absolute atomic E-state index is 14.7. The average Bonchev–Trinajstić information content (AvgIpc) is 2.76. The molecule has 0 spiro atoms. The highest BCUT2D eigenvalue weighted by atomic mass is 32.2. The van der Waals surface area contributed by atoms with Gasteiger partial charge in [-0.3, -0.25) is 4.90 Å². The van der Waals surface area contributed by atoms with Crippen LogP contribution in [0.15, 0.2) is 36.4 Å². The number of sulfonamides is 1. The highest BCUT2D eigenvalue weighted by Crippen LogP contribution is 2.34. The lowest BCUT2D eigenvalue weighted by atomic mass is 9.90. The number of likely N-dealkylation sites (tertiary alicyclic amines) is 1. The van der Waals surface area contributed by atoms with Crippen molar-refractivity contribution in [3.63, 3.8) is 0 Å². The lowest BCUT2D eigenvalue weighted by Crippen LogP contribution is -2.54. The van der Waals surface area contributed by atoms with Gasteiger partial charge in [-0.15, -0.1) is 0 Å². The molecular weight excluding hydrogens is 491 g/mol. The first-order valence-electron chi connectivity index (χ1n) is 11.4. The Hall–Kier alpha value is -2.24. The molecule has 4 rings (SSSR count). The van der Waals surface area contributed by atoms with Crippen molar-refractivity contribution in [2.75, 3.05) is 39.0 Å². The maximum Gasteiger partial charge on any atom is 0.416 e. The largest absolute Gasteiger partial charge is 0.482 e. The fraction of sp³-hybridized carbons (Fsp3) is 0.500. The van der Waals surface area contributed by atoms with E-state index in [0.717, 1.165) is 24.0 Å². The van der Waals surface area contributed by atoms with Gasteiger partial charge in [0.15, 0.2) is 17.4 Å². The van der Waals surface area contributed by atoms with Crippen molar-refractivity contribution < 1.29 is 35.1 Å². The standard InChI is InChI=1S/C24H27F5N2O3S/c1-35(32,33)31-10-7-17(8-11-31)18-12-21(25)23(22(26)13-18)34-20-14-30(15-20)9-6-16-2-4-19(5-3-16)24(27,28)29/h2-5,12-13,17,20H,6-11,14-15H2,1H3. The fourth-order valence-corrected chi connectivity index (χ4v) is 5.42. The summed E-state index contributed by atoms with van der Waals surface area (Å²) in [7, 11) is -3.28. The van der Waals surface area contributed by atoms with Gasteiger partial charge >= 0.3 is 6.18 Å². The maximum atomic E-state index is 14.7. The second kappa shape index (κ2) is 10.0. The summed E-state index contributed by atoms with van der Waals surface area (Å²) < 4.78 is 97.5. The molecule has 2 aromatic carbocycles. The third-order valence-corrected chi connectivity index (χ3v) is 7.92. The second-order valence-electron chi connectivity index (χ2n) is 9.19. The summed E-state index contributed by atoms with van der Waals surface area (Å²) in [5.74, 6) is -2.12. The Morgan fingerprint density at radius 3 is 2.09 bits per heavy atom. The summed E-state index contributed by atoms with van der Waals surface area (Å²) >= 11 is 0. The molecule has 2 fully saturated rings. The summed E-state index contributed by atoms with van der Waals surface area (Å²) in [4.78, 5) is 2.00. The van der Waals surface area contributed by atoms with Gasteiger partial charge in [0.1, 0.15) is 6.10 Å². The van der Waals surface area contributed by atoms with E-state index in [0.29, 0.717) is 57.5 Å². The molecule has 2 aliphatic rings. The fourth-order valence-electron chi connectivity index (χ4n) is 4.54. The molecule has 0 saturated carbocycles. The van der Waals surface area contributed by atoms with Crippen LogP contribution in [-0.4, -0.2) is 62.7 Å². The molecule has 0 amide bonds. The van der Waals surface area contributed by atoms with Crippen molar-refractivity contribution in [3.8, 4) is 5.75 Å². The van der Waals surface area contributed by atoms with Crippen molar-refractivity contribution in [3.05, 3.63) is 64.7 Å². The van der Waals surface area contributed by atoms with Crippen LogP contribution in [0.3, 0.4) is 0 Å². The van der Waals surface area contributed by atoms with Crippen LogP contribution in [-0.2, 0) is 22.6 Å². The van der Waals surface area contributed by atoms with Gasteiger partial charge in [0, 0.05) is 32.7 Å². The summed E-state index contributed by atoms with van der Waals surface area (Å²) in [6.07, 6.45) is -2.06. The zero-order chi connectivity index (χ0) is 25.4. The molecule has 0 unspecified atom stereocenters. The molecule has 0 N–H and O–H groups in total. The first kappa shape index (κ1) is 25.8. The van der Waals surface area contributed by atoms with Crippen LogP contribution in [0.2, 0.25) is 0 Å². The van der Waals surface area contributed by atoms with Crippen LogP contribution < -0.4 is 4.74 Å². The SMILES string of the molecule is CS(=O)(=O)N1CCC(c2cc(F)c(OC3CN(CCc4ccc(C(F)(F)F)cc4)C3)c(F)c2)CC1. The van der Waals surface area contributed by atoms with E-state index in [1.165, 1.54) is 28.6 Å². The molecule has 11 heteroatoms. The van der Waals surface area contributed by atoms with E-state index in [1.54, 1.807) is 0 Å². The number of rotatable bonds is 7. The molecule has 35 heavy (non-hydrogen) atoms. The van der Waals surface area contributed by atoms with E-state index in [2.05, 4.69) is 0 Å². The van der Waals surface area contributed by atoms with Gasteiger partial charge in [-0.1, -0.05) is 12.1 Å². The van der Waals surface area contributed by atoms with Gasteiger partial charge in [0.25, 0.3) is 0 Å². The van der Waals surface area contributed by atoms with E-state index in [9.17, 15) is 30.4 Å². The Morgan fingerprint density at radius 2 is 1.57 bits per heavy atom. The van der Waals surface area contributed by atoms with Gasteiger partial charge in [0.2, 0.25) is 10.0 Å². The van der Waals surface area contributed by atoms with E-state index in [1.807, 2.05) is 4.90 Å². The Bertz CT molecular complexity index is 1120. The van der Waals surface area contributed by atoms with E-state index in [4.69, 9.17) is 4.74 Å². The van der Waals surface area contributed by atoms with Gasteiger partial charge in [-0.2, -0.15) is 13.2 Å². The van der Waals surface area contributed by atoms with Gasteiger partial charge in [-0.25, -0.2) is 21.5 Å². The minimum Gasteiger partial charge on any atom is -0.482 e. The van der Waals surface area contributed by atoms with Crippen LogP contribution in [0.25, 0.3) is 0 Å². The molecule has 0 atom stereocenters. The number of piperidine rings is 1. The normalized spacial score (nSPS) is 19.0. The topological polar surface area (TPSA) is 49.9 Å². The number of nitrogens with zero attached hydrogens (tertiary/aromatic N) is 2. The molecule has 2 aromatic rings. The summed E-state index contributed by atoms with van der Waals surface area (Å²) in [5.41, 5.74) is 0.581. The number of hydrogen-bond acceptors (Lipinski definition) is 4. The Kier molecular flexibility index (Phi) is 7.40. The molecule has 5 nitrogen and oxygen atoms in total. The molecule has 2 aliphatic heterocycles. The van der Waals surface area contributed by atoms with E-state index in [-0.39, 0.29) is 12.0 Å². The third kappa shape index (κ3) is 6.31. The number of halogens is 5. The first-order chi connectivity index (χ1) is 16.4. The van der Waals surface area contributed by atoms with Crippen LogP contribution >= 0.6 is 0 Å². The first-order valence-corrected chi connectivity index (χ1v) is 13.2. The Morgan fingerprint density at radius 1 is 1.00 bits per heavy atom. The summed E-state index contributed by atoms with van der Waals surface area (Å²) in [6, 6.07) is 7.55. The van der Waals surface area contributed by atoms with Crippen LogP contribution in [0, 0.1) is 11.6 Å². The monoisotopic (exact) mass is 518 g/mol. The number of ether oxygens (including phenoxy) is 1. The summed E-state index contributed by atoms with van der Waals surface area (Å²) in [5, 5.41) is 0. The van der Waals surface area contributed by atoms with Gasteiger partial charge < -0.3 is 4.74 Å². The van der Waals surface area contributed by atoms with Crippen LogP contribution in [0.4, 0.5) is 22.0 Å². The molecular formula is C24H27F5N2O3S. The Balaban J connectivity index is 1.26. The molecule has 0 bridgehead atoms. The molecule has 2 heterocycles. The third-order valence-electron chi connectivity index (χ3n) is 6.62. The molecule has 0 aliphatic carbocycles. The van der Waals surface area contributed by atoms with E-state index < -0.39 is 39.1 Å². The molecule has 0 radical (unpaired) electrons. The van der Waals surface area contributed by atoms with Crippen molar-refractivity contribution in [2.24, 2.45) is 0 Å². The predicted molar refractivity (Wildman–Crippen MR) is 121 cm³/mol. The minimum absolute atomic E-state index is 0.129. The zero-order valence-corrected chi connectivity index (χ0v) is 20.0. The average molecular weight is 519 g/mol. The zero-order valence-electron chi connectivity index (χ0n) is 19.2. The van der Waals surface area contributed by atoms with Crippen molar-refractivity contribution in [2.45, 2.75) is 37.5 Å². The minimum atomic E-state index is -4.36. The van der Waals surface area contributed by atoms with Crippen LogP contribution in [0.5, 0.6) is 5.75 Å². The number of alkyl halides is 3. The lowest BCUT2D eigenvalue weighted by molar-refractivity contribution is -0.137. The van der Waals surface area contributed by atoms with E-state index >= 15 is 0 Å². The van der Waals surface area contributed by atoms with Crippen LogP contribution in [0.1, 0.15) is 35.4 Å². The summed E-state index contributed by atoms with van der Waals surface area (Å²) in [6.45, 7) is 2.16. The van der Waals surface area contributed by atoms with Gasteiger partial charge in [0.05, 0.1) is 11.8 Å². The Labute approximate surface area is 201 Å². The van der Waals surface area contributed by atoms with Crippen molar-refractivity contribution in [1.82, 2.24) is 9.21 Å². The molecule has 192 valence electrons. The quantitative estimate of drug-likeness (QED) is 0.509.